The molecule has 0 fully saturated rings. The number of hydrogen-bond donors (Lipinski definition) is 0. The van der Waals surface area contributed by atoms with Crippen LogP contribution in [-0.2, 0) is 9.53 Å². The van der Waals surface area contributed by atoms with E-state index in [1.54, 1.807) is 0 Å². The molecule has 0 aliphatic carbocycles. The maximum atomic E-state index is 12.5. The molecule has 0 atom stereocenters. The second kappa shape index (κ2) is 8.49. The van der Waals surface area contributed by atoms with Gasteiger partial charge in [0, 0.05) is 6.42 Å². The summed E-state index contributed by atoms with van der Waals surface area (Å²) in [6.07, 6.45) is 5.25. The molecule has 0 saturated heterocycles. The number of carbonyl (C=O) groups excluding carboxylic acids is 1. The van der Waals surface area contributed by atoms with E-state index in [0.29, 0.717) is 13.0 Å². The van der Waals surface area contributed by atoms with E-state index in [0.717, 1.165) is 39.0 Å². The molecule has 0 aliphatic heterocycles. The molecule has 0 spiro atoms. The maximum absolute atomic E-state index is 12.5. The van der Waals surface area contributed by atoms with Crippen LogP contribution in [0.3, 0.4) is 0 Å². The Balaban J connectivity index is 3.31. The van der Waals surface area contributed by atoms with Crippen molar-refractivity contribution in [2.24, 2.45) is 5.41 Å². The molecule has 2 nitrogen and oxygen atoms in total. The maximum Gasteiger partial charge on any atom is 0.311 e. The molecular formula is C15H28F2O2. The molecule has 0 saturated carbocycles. The molecule has 0 rings (SSSR count). The van der Waals surface area contributed by atoms with Gasteiger partial charge in [-0.3, -0.25) is 4.79 Å². The van der Waals surface area contributed by atoms with E-state index in [-0.39, 0.29) is 12.4 Å². The first-order valence-electron chi connectivity index (χ1n) is 7.18. The minimum atomic E-state index is -2.53. The van der Waals surface area contributed by atoms with Crippen molar-refractivity contribution in [2.75, 3.05) is 6.61 Å². The smallest absolute Gasteiger partial charge is 0.311 e. The third-order valence-electron chi connectivity index (χ3n) is 2.86. The van der Waals surface area contributed by atoms with Crippen LogP contribution in [0.4, 0.5) is 8.78 Å². The van der Waals surface area contributed by atoms with Crippen LogP contribution >= 0.6 is 0 Å². The van der Waals surface area contributed by atoms with E-state index in [4.69, 9.17) is 4.74 Å². The highest BCUT2D eigenvalue weighted by Gasteiger charge is 2.22. The van der Waals surface area contributed by atoms with Crippen LogP contribution in [0.2, 0.25) is 0 Å². The number of ether oxygens (including phenoxy) is 1. The Morgan fingerprint density at radius 1 is 0.895 bits per heavy atom. The molecule has 0 heterocycles. The number of rotatable bonds is 9. The van der Waals surface area contributed by atoms with Crippen molar-refractivity contribution in [3.63, 3.8) is 0 Å². The van der Waals surface area contributed by atoms with Gasteiger partial charge < -0.3 is 4.74 Å². The van der Waals surface area contributed by atoms with Gasteiger partial charge in [-0.15, -0.1) is 0 Å². The second-order valence-electron chi connectivity index (χ2n) is 6.33. The van der Waals surface area contributed by atoms with Gasteiger partial charge in [0.25, 0.3) is 0 Å². The highest BCUT2D eigenvalue weighted by atomic mass is 19.3. The Labute approximate surface area is 115 Å². The molecule has 0 amide bonds. The van der Waals surface area contributed by atoms with Crippen LogP contribution in [0.25, 0.3) is 0 Å². The van der Waals surface area contributed by atoms with E-state index in [9.17, 15) is 13.6 Å². The van der Waals surface area contributed by atoms with Crippen molar-refractivity contribution >= 4 is 5.97 Å². The normalized spacial score (nSPS) is 12.5. The fraction of sp³-hybridized carbons (Fsp3) is 0.933. The number of esters is 1. The molecule has 0 aromatic carbocycles. The van der Waals surface area contributed by atoms with E-state index in [1.165, 1.54) is 0 Å². The second-order valence-corrected chi connectivity index (χ2v) is 6.33. The first kappa shape index (κ1) is 18.3. The lowest BCUT2D eigenvalue weighted by atomic mass is 9.97. The third-order valence-corrected chi connectivity index (χ3v) is 2.86. The van der Waals surface area contributed by atoms with Gasteiger partial charge in [0.2, 0.25) is 5.92 Å². The Morgan fingerprint density at radius 2 is 1.37 bits per heavy atom. The number of carbonyl (C=O) groups is 1. The lowest BCUT2D eigenvalue weighted by molar-refractivity contribution is -0.153. The Hall–Kier alpha value is -0.670. The van der Waals surface area contributed by atoms with Crippen LogP contribution in [-0.4, -0.2) is 18.5 Å². The van der Waals surface area contributed by atoms with Gasteiger partial charge in [0.05, 0.1) is 12.0 Å². The molecule has 0 unspecified atom stereocenters. The zero-order valence-electron chi connectivity index (χ0n) is 12.7. The van der Waals surface area contributed by atoms with Gasteiger partial charge in [0.1, 0.15) is 0 Å². The summed E-state index contributed by atoms with van der Waals surface area (Å²) in [6, 6.07) is 0. The Bertz CT molecular complexity index is 252. The van der Waals surface area contributed by atoms with Gasteiger partial charge in [0.15, 0.2) is 0 Å². The van der Waals surface area contributed by atoms with E-state index in [2.05, 4.69) is 0 Å². The predicted octanol–water partition coefficient (Wildman–Crippen LogP) is 4.96. The van der Waals surface area contributed by atoms with Gasteiger partial charge in [-0.05, 0) is 40.5 Å². The zero-order chi connectivity index (χ0) is 14.9. The monoisotopic (exact) mass is 278 g/mol. The molecule has 0 aliphatic rings. The molecule has 0 N–H and O–H groups in total. The highest BCUT2D eigenvalue weighted by molar-refractivity contribution is 5.75. The lowest BCUT2D eigenvalue weighted by Gasteiger charge is -2.16. The van der Waals surface area contributed by atoms with Crippen molar-refractivity contribution in [3.05, 3.63) is 0 Å². The zero-order valence-corrected chi connectivity index (χ0v) is 12.7. The summed E-state index contributed by atoms with van der Waals surface area (Å²) in [5, 5.41) is 0. The summed E-state index contributed by atoms with van der Waals surface area (Å²) >= 11 is 0. The number of halogens is 2. The molecule has 114 valence electrons. The fourth-order valence-electron chi connectivity index (χ4n) is 1.63. The fourth-order valence-corrected chi connectivity index (χ4v) is 1.63. The third kappa shape index (κ3) is 12.1. The van der Waals surface area contributed by atoms with Gasteiger partial charge >= 0.3 is 5.97 Å². The molecule has 0 aromatic heterocycles. The minimum absolute atomic E-state index is 0.0177. The minimum Gasteiger partial charge on any atom is -0.465 e. The average Bonchev–Trinajstić information content (AvgIpc) is 2.23. The molecule has 4 heteroatoms. The topological polar surface area (TPSA) is 26.3 Å². The summed E-state index contributed by atoms with van der Waals surface area (Å²) in [4.78, 5) is 11.4. The van der Waals surface area contributed by atoms with Crippen LogP contribution in [0.15, 0.2) is 0 Å². The highest BCUT2D eigenvalue weighted by Crippen LogP contribution is 2.21. The van der Waals surface area contributed by atoms with Crippen molar-refractivity contribution in [1.82, 2.24) is 0 Å². The Morgan fingerprint density at radius 3 is 1.84 bits per heavy atom. The van der Waals surface area contributed by atoms with Crippen LogP contribution in [0, 0.1) is 5.41 Å². The standard InChI is InChI=1S/C15H28F2O2/c1-14(2,3)13(18)19-12-10-8-6-5-7-9-11-15(4,16)17/h5-12H2,1-4H3. The van der Waals surface area contributed by atoms with Crippen molar-refractivity contribution in [2.45, 2.75) is 78.6 Å². The number of alkyl halides is 2. The lowest BCUT2D eigenvalue weighted by Crippen LogP contribution is -2.23. The van der Waals surface area contributed by atoms with E-state index in [1.807, 2.05) is 20.8 Å². The molecule has 19 heavy (non-hydrogen) atoms. The quantitative estimate of drug-likeness (QED) is 0.440. The van der Waals surface area contributed by atoms with Crippen molar-refractivity contribution < 1.29 is 18.3 Å². The van der Waals surface area contributed by atoms with Crippen LogP contribution in [0.5, 0.6) is 0 Å². The summed E-state index contributed by atoms with van der Waals surface area (Å²) in [5.74, 6) is -2.70. The van der Waals surface area contributed by atoms with Gasteiger partial charge in [-0.1, -0.05) is 25.7 Å². The summed E-state index contributed by atoms with van der Waals surface area (Å²) in [5.41, 5.74) is -0.439. The average molecular weight is 278 g/mol. The SMILES string of the molecule is CC(F)(F)CCCCCCCCOC(=O)C(C)(C)C. The first-order valence-corrected chi connectivity index (χ1v) is 7.18. The van der Waals surface area contributed by atoms with Gasteiger partial charge in [-0.25, -0.2) is 8.78 Å². The summed E-state index contributed by atoms with van der Waals surface area (Å²) in [6.45, 7) is 6.93. The van der Waals surface area contributed by atoms with Crippen LogP contribution < -0.4 is 0 Å². The van der Waals surface area contributed by atoms with Crippen molar-refractivity contribution in [3.8, 4) is 0 Å². The predicted molar refractivity (Wildman–Crippen MR) is 73.4 cm³/mol. The summed E-state index contributed by atoms with van der Waals surface area (Å²) < 4.78 is 30.2. The van der Waals surface area contributed by atoms with E-state index >= 15 is 0 Å². The summed E-state index contributed by atoms with van der Waals surface area (Å²) in [7, 11) is 0. The molecular weight excluding hydrogens is 250 g/mol. The van der Waals surface area contributed by atoms with Crippen LogP contribution in [0.1, 0.15) is 72.6 Å². The van der Waals surface area contributed by atoms with Crippen molar-refractivity contribution in [1.29, 1.82) is 0 Å². The molecule has 0 radical (unpaired) electrons. The molecule has 0 aromatic rings. The Kier molecular flexibility index (Phi) is 8.19. The number of unbranched alkanes of at least 4 members (excludes halogenated alkanes) is 5. The van der Waals surface area contributed by atoms with Gasteiger partial charge in [-0.2, -0.15) is 0 Å². The number of hydrogen-bond acceptors (Lipinski definition) is 2. The largest absolute Gasteiger partial charge is 0.465 e. The van der Waals surface area contributed by atoms with E-state index < -0.39 is 11.3 Å². The first-order chi connectivity index (χ1) is 8.63. The molecule has 0 bridgehead atoms.